The van der Waals surface area contributed by atoms with Crippen molar-refractivity contribution < 1.29 is 38.2 Å². The van der Waals surface area contributed by atoms with Crippen molar-refractivity contribution in [3.63, 3.8) is 0 Å². The fourth-order valence-corrected chi connectivity index (χ4v) is 8.15. The molecule has 0 fully saturated rings. The van der Waals surface area contributed by atoms with Gasteiger partial charge < -0.3 is 28.6 Å². The summed E-state index contributed by atoms with van der Waals surface area (Å²) < 4.78 is 17.3. The maximum atomic E-state index is 12.8. The van der Waals surface area contributed by atoms with E-state index in [0.717, 1.165) is 51.4 Å². The number of quaternary nitrogens is 1. The van der Waals surface area contributed by atoms with Crippen LogP contribution in [0.2, 0.25) is 0 Å². The lowest BCUT2D eigenvalue weighted by molar-refractivity contribution is -0.889. The number of ether oxygens (including phenoxy) is 3. The molecule has 0 spiro atoms. The number of rotatable bonds is 50. The average Bonchev–Trinajstić information content (AvgIpc) is 3.28. The van der Waals surface area contributed by atoms with E-state index in [1.54, 1.807) is 21.1 Å². The first-order valence-corrected chi connectivity index (χ1v) is 27.7. The summed E-state index contributed by atoms with van der Waals surface area (Å²) in [6, 6.07) is -0.729. The molecule has 2 unspecified atom stereocenters. The molecule has 8 nitrogen and oxygen atoms in total. The topological polar surface area (TPSA) is 102 Å². The largest absolute Gasteiger partial charge is 0.544 e. The first kappa shape index (κ1) is 63.3. The Kier molecular flexibility index (Phi) is 46.7. The number of likely N-dealkylation sites (N-methyl/N-ethyl adjacent to an activating group) is 1. The van der Waals surface area contributed by atoms with Gasteiger partial charge in [-0.3, -0.25) is 9.59 Å². The van der Waals surface area contributed by atoms with E-state index in [2.05, 4.69) is 62.5 Å². The minimum Gasteiger partial charge on any atom is -0.544 e. The third-order valence-corrected chi connectivity index (χ3v) is 12.5. The van der Waals surface area contributed by atoms with Crippen LogP contribution in [-0.4, -0.2) is 75.5 Å². The van der Waals surface area contributed by atoms with Gasteiger partial charge in [0.1, 0.15) is 12.6 Å². The van der Waals surface area contributed by atoms with Gasteiger partial charge in [-0.1, -0.05) is 210 Å². The van der Waals surface area contributed by atoms with E-state index in [9.17, 15) is 19.5 Å². The van der Waals surface area contributed by atoms with Gasteiger partial charge in [0.15, 0.2) is 6.10 Å². The highest BCUT2D eigenvalue weighted by Crippen LogP contribution is 2.15. The van der Waals surface area contributed by atoms with Gasteiger partial charge in [-0.25, -0.2) is 0 Å². The Hall–Kier alpha value is -2.71. The second kappa shape index (κ2) is 48.7. The third-order valence-electron chi connectivity index (χ3n) is 12.5. The number of carbonyl (C=O) groups is 3. The Morgan fingerprint density at radius 3 is 1.27 bits per heavy atom. The zero-order chi connectivity index (χ0) is 48.4. The molecule has 0 aliphatic carbocycles. The maximum absolute atomic E-state index is 12.8. The summed E-state index contributed by atoms with van der Waals surface area (Å²) in [5.41, 5.74) is 0. The summed E-state index contributed by atoms with van der Waals surface area (Å²) in [4.78, 5) is 37.1. The number of carboxylic acid groups (broad SMARTS) is 1. The number of unbranched alkanes of at least 4 members (excludes halogenated alkanes) is 29. The molecule has 0 aromatic rings. The molecule has 0 amide bonds. The van der Waals surface area contributed by atoms with Crippen LogP contribution in [-0.2, 0) is 28.6 Å². The van der Waals surface area contributed by atoms with E-state index >= 15 is 0 Å². The Balaban J connectivity index is 4.22. The number of allylic oxidation sites excluding steroid dienone is 8. The van der Waals surface area contributed by atoms with Crippen molar-refractivity contribution in [2.24, 2.45) is 0 Å². The first-order valence-electron chi connectivity index (χ1n) is 27.7. The zero-order valence-corrected chi connectivity index (χ0v) is 43.9. The Morgan fingerprint density at radius 1 is 0.470 bits per heavy atom. The molecule has 0 heterocycles. The van der Waals surface area contributed by atoms with Crippen LogP contribution in [0.15, 0.2) is 48.6 Å². The van der Waals surface area contributed by atoms with Gasteiger partial charge in [-0.05, 0) is 70.6 Å². The molecule has 0 aromatic carbocycles. The molecule has 0 saturated carbocycles. The molecule has 8 heteroatoms. The van der Waals surface area contributed by atoms with Crippen LogP contribution in [0.4, 0.5) is 0 Å². The van der Waals surface area contributed by atoms with Crippen molar-refractivity contribution in [3.05, 3.63) is 48.6 Å². The second-order valence-electron chi connectivity index (χ2n) is 19.8. The number of esters is 2. The molecule has 0 aliphatic rings. The predicted octanol–water partition coefficient (Wildman–Crippen LogP) is 15.0. The van der Waals surface area contributed by atoms with Crippen LogP contribution in [0.25, 0.3) is 0 Å². The lowest BCUT2D eigenvalue weighted by Gasteiger charge is -2.34. The molecule has 0 bridgehead atoms. The second-order valence-corrected chi connectivity index (χ2v) is 19.8. The van der Waals surface area contributed by atoms with Gasteiger partial charge in [0, 0.05) is 19.3 Å². The number of carboxylic acids is 1. The van der Waals surface area contributed by atoms with Crippen molar-refractivity contribution in [1.82, 2.24) is 0 Å². The normalized spacial score (nSPS) is 13.2. The molecule has 0 aliphatic heterocycles. The monoisotopic (exact) mass is 928 g/mol. The standard InChI is InChI=1S/C58H105NO7/c1-6-8-10-12-14-16-18-20-22-24-26-28-29-31-32-34-36-38-40-42-44-46-48-56(60)65-53-54(52-64-51-50-55(58(62)63)59(3,4)5)66-57(61)49-47-45-43-41-39-37-35-33-30-27-25-23-21-19-17-15-13-11-9-7-2/h17,19,21,23-24,26,29,31,54-55H,6-16,18,20,22,25,27-28,30,32-53H2,1-5H3/b19-17+,23-21+,26-24+,31-29+. The highest BCUT2D eigenvalue weighted by Gasteiger charge is 2.25. The number of nitrogens with zero attached hydrogens (tertiary/aromatic N) is 1. The number of hydrogen-bond donors (Lipinski definition) is 0. The minimum absolute atomic E-state index is 0.0372. The highest BCUT2D eigenvalue weighted by atomic mass is 16.6. The maximum Gasteiger partial charge on any atom is 0.306 e. The molecule has 66 heavy (non-hydrogen) atoms. The fraction of sp³-hybridized carbons (Fsp3) is 0.810. The van der Waals surface area contributed by atoms with Gasteiger partial charge in [0.25, 0.3) is 0 Å². The summed E-state index contributed by atoms with van der Waals surface area (Å²) in [6.45, 7) is 4.66. The number of carbonyl (C=O) groups excluding carboxylic acids is 3. The Bertz CT molecular complexity index is 1220. The summed E-state index contributed by atoms with van der Waals surface area (Å²) in [5.74, 6) is -1.74. The van der Waals surface area contributed by atoms with Crippen molar-refractivity contribution in [2.45, 2.75) is 264 Å². The molecule has 0 radical (unpaired) electrons. The first-order chi connectivity index (χ1) is 32.1. The van der Waals surface area contributed by atoms with Crippen molar-refractivity contribution >= 4 is 17.9 Å². The van der Waals surface area contributed by atoms with Crippen LogP contribution < -0.4 is 5.11 Å². The molecular weight excluding hydrogens is 823 g/mol. The summed E-state index contributed by atoms with van der Waals surface area (Å²) in [7, 11) is 5.42. The smallest absolute Gasteiger partial charge is 0.306 e. The van der Waals surface area contributed by atoms with Gasteiger partial charge in [-0.15, -0.1) is 0 Å². The van der Waals surface area contributed by atoms with Crippen LogP contribution in [0.1, 0.15) is 251 Å². The SMILES string of the molecule is CCCCCC/C=C/C=C/CCCCCCCCCCCCC(=O)OC(COCCC(C(=O)[O-])[N+](C)(C)C)COC(=O)CCCCCCCCC/C=C/C/C=C/CCCCCCCCCC. The summed E-state index contributed by atoms with van der Waals surface area (Å²) in [6.07, 6.45) is 60.0. The lowest BCUT2D eigenvalue weighted by atomic mass is 10.1. The average molecular weight is 928 g/mol. The van der Waals surface area contributed by atoms with Crippen molar-refractivity contribution in [1.29, 1.82) is 0 Å². The highest BCUT2D eigenvalue weighted by molar-refractivity contribution is 5.70. The summed E-state index contributed by atoms with van der Waals surface area (Å²) in [5, 5.41) is 11.7. The van der Waals surface area contributed by atoms with E-state index in [1.165, 1.54) is 167 Å². The predicted molar refractivity (Wildman–Crippen MR) is 277 cm³/mol. The lowest BCUT2D eigenvalue weighted by Crippen LogP contribution is -2.55. The van der Waals surface area contributed by atoms with E-state index in [0.29, 0.717) is 12.8 Å². The van der Waals surface area contributed by atoms with E-state index in [1.807, 2.05) is 0 Å². The van der Waals surface area contributed by atoms with Crippen LogP contribution in [0.3, 0.4) is 0 Å². The van der Waals surface area contributed by atoms with E-state index in [-0.39, 0.29) is 42.7 Å². The zero-order valence-electron chi connectivity index (χ0n) is 43.9. The number of aliphatic carboxylic acids is 1. The molecule has 0 rings (SSSR count). The van der Waals surface area contributed by atoms with Gasteiger partial charge in [-0.2, -0.15) is 0 Å². The fourth-order valence-electron chi connectivity index (χ4n) is 8.15. The Morgan fingerprint density at radius 2 is 0.848 bits per heavy atom. The van der Waals surface area contributed by atoms with Crippen LogP contribution in [0.5, 0.6) is 0 Å². The van der Waals surface area contributed by atoms with Crippen LogP contribution >= 0.6 is 0 Å². The van der Waals surface area contributed by atoms with Crippen molar-refractivity contribution in [3.8, 4) is 0 Å². The third kappa shape index (κ3) is 46.4. The van der Waals surface area contributed by atoms with E-state index in [4.69, 9.17) is 14.2 Å². The van der Waals surface area contributed by atoms with Gasteiger partial charge in [0.05, 0.1) is 40.3 Å². The molecular formula is C58H105NO7. The molecule has 0 N–H and O–H groups in total. The van der Waals surface area contributed by atoms with Gasteiger partial charge in [0.2, 0.25) is 0 Å². The minimum atomic E-state index is -1.13. The molecule has 0 aromatic heterocycles. The Labute approximate surface area is 407 Å². The summed E-state index contributed by atoms with van der Waals surface area (Å²) >= 11 is 0. The molecule has 2 atom stereocenters. The molecule has 384 valence electrons. The van der Waals surface area contributed by atoms with Crippen LogP contribution in [0, 0.1) is 0 Å². The van der Waals surface area contributed by atoms with E-state index < -0.39 is 18.1 Å². The number of hydrogen-bond acceptors (Lipinski definition) is 7. The van der Waals surface area contributed by atoms with Gasteiger partial charge >= 0.3 is 11.9 Å². The quantitative estimate of drug-likeness (QED) is 0.0197. The van der Waals surface area contributed by atoms with Crippen molar-refractivity contribution in [2.75, 3.05) is 41.0 Å². The molecule has 0 saturated heterocycles.